The number of hydrogen-bond donors (Lipinski definition) is 1. The number of pyridine rings is 1. The van der Waals surface area contributed by atoms with Gasteiger partial charge in [0.15, 0.2) is 0 Å². The second-order valence-electron chi connectivity index (χ2n) is 6.89. The smallest absolute Gasteiger partial charge is 0.228 e. The summed E-state index contributed by atoms with van der Waals surface area (Å²) in [5.74, 6) is 0.618. The Morgan fingerprint density at radius 3 is 2.52 bits per heavy atom. The maximum atomic E-state index is 12.9. The van der Waals surface area contributed by atoms with Gasteiger partial charge in [-0.3, -0.25) is 9.78 Å². The fourth-order valence-electron chi connectivity index (χ4n) is 3.59. The van der Waals surface area contributed by atoms with Crippen molar-refractivity contribution in [3.05, 3.63) is 90.1 Å². The molecule has 1 N–H and O–H groups in total. The van der Waals surface area contributed by atoms with E-state index < -0.39 is 0 Å². The van der Waals surface area contributed by atoms with Crippen LogP contribution < -0.4 is 10.1 Å². The number of carbonyl (C=O) groups excluding carboxylic acids is 1. The van der Waals surface area contributed by atoms with Crippen molar-refractivity contribution in [2.24, 2.45) is 0 Å². The van der Waals surface area contributed by atoms with Gasteiger partial charge in [0.1, 0.15) is 5.75 Å². The first-order chi connectivity index (χ1) is 14.2. The van der Waals surface area contributed by atoms with E-state index in [1.165, 1.54) is 0 Å². The van der Waals surface area contributed by atoms with E-state index in [-0.39, 0.29) is 12.3 Å². The minimum atomic E-state index is -0.0874. The number of amides is 1. The van der Waals surface area contributed by atoms with Crippen LogP contribution in [-0.4, -0.2) is 18.0 Å². The Hall–Kier alpha value is -3.66. The zero-order valence-corrected chi connectivity index (χ0v) is 16.5. The Morgan fingerprint density at radius 1 is 0.966 bits per heavy atom. The van der Waals surface area contributed by atoms with Crippen LogP contribution in [0.15, 0.2) is 78.9 Å². The van der Waals surface area contributed by atoms with Gasteiger partial charge in [0, 0.05) is 22.8 Å². The van der Waals surface area contributed by atoms with Crippen LogP contribution in [0.25, 0.3) is 22.0 Å². The topological polar surface area (TPSA) is 51.2 Å². The third-order valence-electron chi connectivity index (χ3n) is 4.95. The van der Waals surface area contributed by atoms with Gasteiger partial charge >= 0.3 is 0 Å². The molecule has 4 aromatic rings. The molecule has 0 aliphatic rings. The third kappa shape index (κ3) is 3.97. The van der Waals surface area contributed by atoms with Crippen molar-refractivity contribution < 1.29 is 9.53 Å². The second kappa shape index (κ2) is 8.15. The highest BCUT2D eigenvalue weighted by atomic mass is 16.5. The lowest BCUT2D eigenvalue weighted by molar-refractivity contribution is -0.115. The number of aryl methyl sites for hydroxylation is 1. The molecule has 4 nitrogen and oxygen atoms in total. The first-order valence-corrected chi connectivity index (χ1v) is 9.53. The first-order valence-electron chi connectivity index (χ1n) is 9.53. The lowest BCUT2D eigenvalue weighted by Crippen LogP contribution is -2.16. The number of para-hydroxylation sites is 1. The van der Waals surface area contributed by atoms with E-state index in [4.69, 9.17) is 9.72 Å². The standard InChI is InChI=1S/C25H22N2O2/c1-17-22(16-24(28)27-19-11-8-12-20(15-19)29-2)25(18-9-4-3-5-10-18)21-13-6-7-14-23(21)26-17/h3-15H,16H2,1-2H3,(H,27,28). The van der Waals surface area contributed by atoms with Gasteiger partial charge in [-0.05, 0) is 41.8 Å². The molecule has 3 aromatic carbocycles. The minimum Gasteiger partial charge on any atom is -0.497 e. The fourth-order valence-corrected chi connectivity index (χ4v) is 3.59. The van der Waals surface area contributed by atoms with Crippen LogP contribution >= 0.6 is 0 Å². The summed E-state index contributed by atoms with van der Waals surface area (Å²) in [5.41, 5.74) is 5.59. The summed E-state index contributed by atoms with van der Waals surface area (Å²) >= 11 is 0. The summed E-state index contributed by atoms with van der Waals surface area (Å²) in [6, 6.07) is 25.6. The largest absolute Gasteiger partial charge is 0.497 e. The van der Waals surface area contributed by atoms with Crippen molar-refractivity contribution in [1.82, 2.24) is 4.98 Å². The van der Waals surface area contributed by atoms with Crippen LogP contribution in [0, 0.1) is 6.92 Å². The molecule has 0 aliphatic carbocycles. The lowest BCUT2D eigenvalue weighted by atomic mass is 9.92. The molecule has 0 unspecified atom stereocenters. The molecule has 0 radical (unpaired) electrons. The van der Waals surface area contributed by atoms with E-state index in [2.05, 4.69) is 23.5 Å². The molecule has 0 aliphatic heterocycles. The fraction of sp³-hybridized carbons (Fsp3) is 0.120. The summed E-state index contributed by atoms with van der Waals surface area (Å²) < 4.78 is 5.24. The molecule has 4 heteroatoms. The molecule has 4 rings (SSSR count). The molecular weight excluding hydrogens is 360 g/mol. The zero-order valence-electron chi connectivity index (χ0n) is 16.5. The number of rotatable bonds is 5. The molecule has 0 bridgehead atoms. The second-order valence-corrected chi connectivity index (χ2v) is 6.89. The molecule has 0 fully saturated rings. The number of nitrogens with one attached hydrogen (secondary N) is 1. The number of nitrogens with zero attached hydrogens (tertiary/aromatic N) is 1. The number of carbonyl (C=O) groups is 1. The Labute approximate surface area is 170 Å². The Kier molecular flexibility index (Phi) is 5.25. The first kappa shape index (κ1) is 18.7. The van der Waals surface area contributed by atoms with E-state index in [9.17, 15) is 4.79 Å². The summed E-state index contributed by atoms with van der Waals surface area (Å²) in [7, 11) is 1.61. The maximum absolute atomic E-state index is 12.9. The summed E-state index contributed by atoms with van der Waals surface area (Å²) in [4.78, 5) is 17.6. The van der Waals surface area contributed by atoms with Gasteiger partial charge in [0.05, 0.1) is 19.0 Å². The lowest BCUT2D eigenvalue weighted by Gasteiger charge is -2.16. The predicted molar refractivity (Wildman–Crippen MR) is 117 cm³/mol. The molecule has 0 spiro atoms. The quantitative estimate of drug-likeness (QED) is 0.503. The predicted octanol–water partition coefficient (Wildman–Crippen LogP) is 5.40. The van der Waals surface area contributed by atoms with E-state index in [0.717, 1.165) is 33.3 Å². The number of fused-ring (bicyclic) bond motifs is 1. The Morgan fingerprint density at radius 2 is 1.72 bits per heavy atom. The molecule has 1 aromatic heterocycles. The summed E-state index contributed by atoms with van der Waals surface area (Å²) in [6.07, 6.45) is 0.241. The average Bonchev–Trinajstić information content (AvgIpc) is 2.75. The SMILES string of the molecule is COc1cccc(NC(=O)Cc2c(C)nc3ccccc3c2-c2ccccc2)c1. The third-order valence-corrected chi connectivity index (χ3v) is 4.95. The van der Waals surface area contributed by atoms with Crippen molar-refractivity contribution in [3.8, 4) is 16.9 Å². The number of anilines is 1. The Balaban J connectivity index is 1.75. The van der Waals surface area contributed by atoms with E-state index in [1.807, 2.05) is 67.6 Å². The highest BCUT2D eigenvalue weighted by Crippen LogP contribution is 2.33. The zero-order chi connectivity index (χ0) is 20.2. The van der Waals surface area contributed by atoms with Crippen molar-refractivity contribution in [3.63, 3.8) is 0 Å². The van der Waals surface area contributed by atoms with Crippen LogP contribution in [0.3, 0.4) is 0 Å². The van der Waals surface area contributed by atoms with Crippen LogP contribution in [0.2, 0.25) is 0 Å². The summed E-state index contributed by atoms with van der Waals surface area (Å²) in [6.45, 7) is 1.97. The summed E-state index contributed by atoms with van der Waals surface area (Å²) in [5, 5.41) is 4.02. The Bertz CT molecular complexity index is 1170. The number of benzene rings is 3. The molecule has 29 heavy (non-hydrogen) atoms. The van der Waals surface area contributed by atoms with Gasteiger partial charge < -0.3 is 10.1 Å². The van der Waals surface area contributed by atoms with Gasteiger partial charge in [-0.2, -0.15) is 0 Å². The molecule has 1 amide bonds. The van der Waals surface area contributed by atoms with Crippen LogP contribution in [0.1, 0.15) is 11.3 Å². The minimum absolute atomic E-state index is 0.0874. The van der Waals surface area contributed by atoms with Crippen molar-refractivity contribution in [2.45, 2.75) is 13.3 Å². The van der Waals surface area contributed by atoms with E-state index >= 15 is 0 Å². The van der Waals surface area contributed by atoms with Crippen LogP contribution in [-0.2, 0) is 11.2 Å². The molecule has 0 saturated carbocycles. The monoisotopic (exact) mass is 382 g/mol. The van der Waals surface area contributed by atoms with Gasteiger partial charge in [-0.25, -0.2) is 0 Å². The molecule has 0 atom stereocenters. The molecule has 0 saturated heterocycles. The van der Waals surface area contributed by atoms with Gasteiger partial charge in [0.2, 0.25) is 5.91 Å². The van der Waals surface area contributed by atoms with E-state index in [0.29, 0.717) is 11.4 Å². The number of hydrogen-bond acceptors (Lipinski definition) is 3. The van der Waals surface area contributed by atoms with Crippen molar-refractivity contribution in [2.75, 3.05) is 12.4 Å². The number of methoxy groups -OCH3 is 1. The number of aromatic nitrogens is 1. The molecule has 1 heterocycles. The van der Waals surface area contributed by atoms with Gasteiger partial charge in [-0.1, -0.05) is 54.6 Å². The van der Waals surface area contributed by atoms with Gasteiger partial charge in [-0.15, -0.1) is 0 Å². The molecule has 144 valence electrons. The molecular formula is C25H22N2O2. The highest BCUT2D eigenvalue weighted by Gasteiger charge is 2.17. The van der Waals surface area contributed by atoms with Crippen molar-refractivity contribution in [1.29, 1.82) is 0 Å². The highest BCUT2D eigenvalue weighted by molar-refractivity contribution is 6.00. The normalized spacial score (nSPS) is 10.7. The van der Waals surface area contributed by atoms with Crippen LogP contribution in [0.5, 0.6) is 5.75 Å². The average molecular weight is 382 g/mol. The van der Waals surface area contributed by atoms with E-state index in [1.54, 1.807) is 7.11 Å². The van der Waals surface area contributed by atoms with Crippen LogP contribution in [0.4, 0.5) is 5.69 Å². The number of ether oxygens (including phenoxy) is 1. The maximum Gasteiger partial charge on any atom is 0.228 e. The van der Waals surface area contributed by atoms with Gasteiger partial charge in [0.25, 0.3) is 0 Å². The van der Waals surface area contributed by atoms with Crippen molar-refractivity contribution >= 4 is 22.5 Å².